The van der Waals surface area contributed by atoms with E-state index in [0.717, 1.165) is 88.9 Å². The van der Waals surface area contributed by atoms with Gasteiger partial charge in [0.1, 0.15) is 11.9 Å². The third-order valence-electron chi connectivity index (χ3n) is 11.1. The molecular weight excluding hydrogens is 570 g/mol. The van der Waals surface area contributed by atoms with Crippen molar-refractivity contribution in [2.24, 2.45) is 11.3 Å². The number of phenolic OH excluding ortho intramolecular Hbond substituents is 1. The lowest BCUT2D eigenvalue weighted by molar-refractivity contribution is -0.160. The van der Waals surface area contributed by atoms with Crippen LogP contribution in [0.2, 0.25) is 0 Å². The number of aliphatic carboxylic acids is 1. The maximum Gasteiger partial charge on any atom is 0.306 e. The molecule has 2 atom stereocenters. The Kier molecular flexibility index (Phi) is 6.96. The number of aromatic nitrogens is 3. The van der Waals surface area contributed by atoms with Gasteiger partial charge in [0.2, 0.25) is 5.88 Å². The van der Waals surface area contributed by atoms with Gasteiger partial charge in [-0.1, -0.05) is 12.1 Å². The molecular formula is C34H41N7O4. The number of nitrogens with two attached hydrogens (primary N) is 1. The number of benzene rings is 1. The Morgan fingerprint density at radius 1 is 0.933 bits per heavy atom. The number of aromatic hydroxyl groups is 1. The van der Waals surface area contributed by atoms with Crippen LogP contribution in [0.15, 0.2) is 48.7 Å². The van der Waals surface area contributed by atoms with Gasteiger partial charge in [-0.15, -0.1) is 10.2 Å². The molecule has 3 saturated heterocycles. The van der Waals surface area contributed by atoms with Crippen LogP contribution in [0.5, 0.6) is 11.6 Å². The summed E-state index contributed by atoms with van der Waals surface area (Å²) in [7, 11) is 0. The molecule has 4 N–H and O–H groups in total. The number of nitrogen functional groups attached to an aromatic ring is 1. The zero-order valence-corrected chi connectivity index (χ0v) is 25.5. The molecule has 11 heteroatoms. The molecule has 5 fully saturated rings. The summed E-state index contributed by atoms with van der Waals surface area (Å²) in [4.78, 5) is 23.3. The zero-order chi connectivity index (χ0) is 30.7. The van der Waals surface area contributed by atoms with Crippen molar-refractivity contribution in [1.82, 2.24) is 20.1 Å². The van der Waals surface area contributed by atoms with E-state index < -0.39 is 5.97 Å². The van der Waals surface area contributed by atoms with Gasteiger partial charge in [0.05, 0.1) is 29.2 Å². The molecule has 0 amide bonds. The van der Waals surface area contributed by atoms with Crippen molar-refractivity contribution in [3.8, 4) is 22.9 Å². The van der Waals surface area contributed by atoms with E-state index in [2.05, 4.69) is 31.0 Å². The molecule has 2 bridgehead atoms. The second kappa shape index (κ2) is 11.0. The number of ether oxygens (including phenoxy) is 1. The van der Waals surface area contributed by atoms with Gasteiger partial charge in [-0.05, 0) is 81.0 Å². The van der Waals surface area contributed by atoms with Crippen LogP contribution < -0.4 is 20.3 Å². The van der Waals surface area contributed by atoms with E-state index in [4.69, 9.17) is 15.5 Å². The third-order valence-corrected chi connectivity index (χ3v) is 11.1. The molecule has 0 radical (unpaired) electrons. The number of piperidine rings is 1. The van der Waals surface area contributed by atoms with Gasteiger partial charge in [-0.25, -0.2) is 4.98 Å². The number of hydrogen-bond donors (Lipinski definition) is 3. The topological polar surface area (TPSA) is 141 Å². The second-order valence-electron chi connectivity index (χ2n) is 13.9. The summed E-state index contributed by atoms with van der Waals surface area (Å²) in [6.45, 7) is 3.72. The first kappa shape index (κ1) is 28.4. The van der Waals surface area contributed by atoms with E-state index >= 15 is 0 Å². The predicted octanol–water partition coefficient (Wildman–Crippen LogP) is 4.17. The molecule has 1 aromatic carbocycles. The third kappa shape index (κ3) is 5.20. The lowest BCUT2D eigenvalue weighted by Gasteiger charge is -2.59. The quantitative estimate of drug-likeness (QED) is 0.354. The monoisotopic (exact) mass is 611 g/mol. The standard InChI is InChI=1S/C34H41N7O4/c35-32-29(13-28(37-38-32)27-3-1-2-4-30(27)42)40-19-23-5-6-24(20-40)41(23)22-7-8-31(36-18-22)45-26-9-11-39(12-10-26)25-16-34(17-25)14-21(15-34)33(43)44/h1-4,7-8,13,18,21,23-26,42H,5-6,9-12,14-17,19-20H2,(H2,35,38)(H,43,44). The van der Waals surface area contributed by atoms with Crippen LogP contribution in [0.4, 0.5) is 17.2 Å². The van der Waals surface area contributed by atoms with Gasteiger partial charge in [-0.3, -0.25) is 4.79 Å². The number of fused-ring (bicyclic) bond motifs is 2. The highest BCUT2D eigenvalue weighted by molar-refractivity contribution is 5.74. The molecule has 2 aliphatic carbocycles. The van der Waals surface area contributed by atoms with Gasteiger partial charge in [0.25, 0.3) is 0 Å². The summed E-state index contributed by atoms with van der Waals surface area (Å²) in [5.41, 5.74) is 9.87. The van der Waals surface area contributed by atoms with Crippen molar-refractivity contribution in [2.75, 3.05) is 41.7 Å². The van der Waals surface area contributed by atoms with Crippen LogP contribution in [-0.2, 0) is 4.79 Å². The van der Waals surface area contributed by atoms with Crippen LogP contribution in [-0.4, -0.2) is 86.7 Å². The molecule has 3 aromatic rings. The minimum absolute atomic E-state index is 0.113. The maximum atomic E-state index is 11.2. The van der Waals surface area contributed by atoms with E-state index in [1.807, 2.05) is 30.5 Å². The zero-order valence-electron chi connectivity index (χ0n) is 25.5. The first-order valence-electron chi connectivity index (χ1n) is 16.4. The molecule has 3 aliphatic heterocycles. The van der Waals surface area contributed by atoms with E-state index in [-0.39, 0.29) is 17.8 Å². The van der Waals surface area contributed by atoms with E-state index in [1.165, 1.54) is 0 Å². The fourth-order valence-corrected chi connectivity index (χ4v) is 8.80. The second-order valence-corrected chi connectivity index (χ2v) is 13.9. The van der Waals surface area contributed by atoms with Gasteiger partial charge < -0.3 is 35.4 Å². The number of carboxylic acids is 1. The fraction of sp³-hybridized carbons (Fsp3) is 0.529. The van der Waals surface area contributed by atoms with Crippen molar-refractivity contribution in [2.45, 2.75) is 75.6 Å². The van der Waals surface area contributed by atoms with Crippen molar-refractivity contribution >= 4 is 23.2 Å². The molecule has 8 rings (SSSR count). The van der Waals surface area contributed by atoms with Crippen molar-refractivity contribution in [1.29, 1.82) is 0 Å². The number of nitrogens with zero attached hydrogens (tertiary/aromatic N) is 6. The minimum Gasteiger partial charge on any atom is -0.507 e. The largest absolute Gasteiger partial charge is 0.507 e. The molecule has 2 aromatic heterocycles. The Hall–Kier alpha value is -4.12. The number of rotatable bonds is 7. The number of likely N-dealkylation sites (tertiary alicyclic amines) is 1. The summed E-state index contributed by atoms with van der Waals surface area (Å²) in [6, 6.07) is 14.5. The number of pyridine rings is 1. The highest BCUT2D eigenvalue weighted by Crippen LogP contribution is 2.60. The highest BCUT2D eigenvalue weighted by atomic mass is 16.5. The molecule has 5 heterocycles. The molecule has 2 saturated carbocycles. The lowest BCUT2D eigenvalue weighted by atomic mass is 9.49. The summed E-state index contributed by atoms with van der Waals surface area (Å²) in [6.07, 6.45) is 10.4. The normalized spacial score (nSPS) is 29.8. The van der Waals surface area contributed by atoms with E-state index in [1.54, 1.807) is 12.1 Å². The number of piperazine rings is 1. The molecule has 2 unspecified atom stereocenters. The predicted molar refractivity (Wildman–Crippen MR) is 170 cm³/mol. The number of anilines is 3. The Labute approximate surface area is 263 Å². The lowest BCUT2D eigenvalue weighted by Crippen LogP contribution is -2.59. The minimum atomic E-state index is -0.621. The van der Waals surface area contributed by atoms with Gasteiger partial charge in [0, 0.05) is 55.9 Å². The fourth-order valence-electron chi connectivity index (χ4n) is 8.80. The molecule has 45 heavy (non-hydrogen) atoms. The van der Waals surface area contributed by atoms with Crippen molar-refractivity contribution < 1.29 is 19.7 Å². The van der Waals surface area contributed by atoms with Crippen LogP contribution >= 0.6 is 0 Å². The Morgan fingerprint density at radius 3 is 2.33 bits per heavy atom. The molecule has 11 nitrogen and oxygen atoms in total. The molecule has 1 spiro atoms. The maximum absolute atomic E-state index is 11.2. The van der Waals surface area contributed by atoms with Gasteiger partial charge in [0.15, 0.2) is 5.82 Å². The summed E-state index contributed by atoms with van der Waals surface area (Å²) < 4.78 is 6.33. The van der Waals surface area contributed by atoms with E-state index in [0.29, 0.717) is 46.5 Å². The highest BCUT2D eigenvalue weighted by Gasteiger charge is 2.56. The number of phenols is 1. The van der Waals surface area contributed by atoms with Gasteiger partial charge >= 0.3 is 5.97 Å². The molecule has 236 valence electrons. The van der Waals surface area contributed by atoms with Crippen LogP contribution in [0.3, 0.4) is 0 Å². The Balaban J connectivity index is 0.855. The summed E-state index contributed by atoms with van der Waals surface area (Å²) in [5.74, 6) is 0.529. The van der Waals surface area contributed by atoms with Crippen LogP contribution in [0.25, 0.3) is 11.3 Å². The number of carbonyl (C=O) groups is 1. The first-order chi connectivity index (χ1) is 21.8. The van der Waals surface area contributed by atoms with Gasteiger partial charge in [-0.2, -0.15) is 0 Å². The Morgan fingerprint density at radius 2 is 1.67 bits per heavy atom. The smallest absolute Gasteiger partial charge is 0.306 e. The average Bonchev–Trinajstić information content (AvgIpc) is 3.26. The number of para-hydroxylation sites is 1. The average molecular weight is 612 g/mol. The van der Waals surface area contributed by atoms with Crippen LogP contribution in [0.1, 0.15) is 51.4 Å². The van der Waals surface area contributed by atoms with Crippen molar-refractivity contribution in [3.63, 3.8) is 0 Å². The Bertz CT molecular complexity index is 1550. The molecule has 5 aliphatic rings. The van der Waals surface area contributed by atoms with Crippen LogP contribution in [0, 0.1) is 11.3 Å². The SMILES string of the molecule is Nc1nnc(-c2ccccc2O)cc1N1CC2CCC(C1)N2c1ccc(OC2CCN(C3CC4(CC(C(=O)O)C4)C3)CC2)nc1. The number of carboxylic acid groups (broad SMARTS) is 1. The summed E-state index contributed by atoms with van der Waals surface area (Å²) in [5, 5.41) is 28.0. The van der Waals surface area contributed by atoms with Crippen molar-refractivity contribution in [3.05, 3.63) is 48.7 Å². The van der Waals surface area contributed by atoms with E-state index in [9.17, 15) is 15.0 Å². The first-order valence-corrected chi connectivity index (χ1v) is 16.4. The summed E-state index contributed by atoms with van der Waals surface area (Å²) >= 11 is 0. The number of hydrogen-bond acceptors (Lipinski definition) is 10.